The molecule has 0 aliphatic carbocycles. The second kappa shape index (κ2) is 7.72. The first-order valence-electron chi connectivity index (χ1n) is 9.94. The highest BCUT2D eigenvalue weighted by Crippen LogP contribution is 2.30. The van der Waals surface area contributed by atoms with Crippen LogP contribution in [0.2, 0.25) is 0 Å². The number of carbonyl (C=O) groups is 1. The van der Waals surface area contributed by atoms with Gasteiger partial charge in [0.25, 0.3) is 11.5 Å². The average Bonchev–Trinajstić information content (AvgIpc) is 3.01. The molecule has 29 heavy (non-hydrogen) atoms. The standard InChI is InChI=1S/C22H26N4O2S/c1-13-7-5-6-8-17(13)24-20(27)19-14(2)18-21(29-19)23-15(3)26(22(18)28)16-9-11-25(4)12-10-16/h5-8,16H,9-12H2,1-4H3,(H,24,27). The van der Waals surface area contributed by atoms with Gasteiger partial charge in [-0.05, 0) is 70.9 Å². The highest BCUT2D eigenvalue weighted by atomic mass is 32.1. The van der Waals surface area contributed by atoms with Crippen LogP contribution in [0.5, 0.6) is 0 Å². The number of aromatic nitrogens is 2. The Morgan fingerprint density at radius 3 is 2.55 bits per heavy atom. The highest BCUT2D eigenvalue weighted by molar-refractivity contribution is 7.20. The van der Waals surface area contributed by atoms with Crippen molar-refractivity contribution in [3.05, 3.63) is 56.4 Å². The van der Waals surface area contributed by atoms with Crippen molar-refractivity contribution >= 4 is 33.1 Å². The number of carbonyl (C=O) groups excluding carboxylic acids is 1. The highest BCUT2D eigenvalue weighted by Gasteiger charge is 2.25. The van der Waals surface area contributed by atoms with E-state index < -0.39 is 0 Å². The molecule has 0 spiro atoms. The summed E-state index contributed by atoms with van der Waals surface area (Å²) in [7, 11) is 2.11. The molecule has 1 amide bonds. The lowest BCUT2D eigenvalue weighted by Crippen LogP contribution is -2.36. The first-order chi connectivity index (χ1) is 13.9. The van der Waals surface area contributed by atoms with Gasteiger partial charge < -0.3 is 10.2 Å². The molecule has 0 saturated carbocycles. The third-order valence-electron chi connectivity index (χ3n) is 5.83. The number of piperidine rings is 1. The fourth-order valence-corrected chi connectivity index (χ4v) is 5.20. The molecule has 0 unspecified atom stereocenters. The molecule has 1 saturated heterocycles. The van der Waals surface area contributed by atoms with Crippen LogP contribution in [0, 0.1) is 20.8 Å². The van der Waals surface area contributed by atoms with E-state index in [1.807, 2.05) is 49.6 Å². The normalized spacial score (nSPS) is 15.7. The molecular formula is C22H26N4O2S. The van der Waals surface area contributed by atoms with Crippen LogP contribution in [0.15, 0.2) is 29.1 Å². The summed E-state index contributed by atoms with van der Waals surface area (Å²) in [5.74, 6) is 0.534. The van der Waals surface area contributed by atoms with Crippen LogP contribution in [0.25, 0.3) is 10.2 Å². The lowest BCUT2D eigenvalue weighted by atomic mass is 10.0. The molecule has 1 aromatic carbocycles. The first kappa shape index (κ1) is 19.8. The maximum Gasteiger partial charge on any atom is 0.266 e. The van der Waals surface area contributed by atoms with Crippen LogP contribution in [0.3, 0.4) is 0 Å². The second-order valence-corrected chi connectivity index (χ2v) is 8.87. The maximum atomic E-state index is 13.4. The van der Waals surface area contributed by atoms with Gasteiger partial charge in [0, 0.05) is 11.7 Å². The monoisotopic (exact) mass is 410 g/mol. The predicted octanol–water partition coefficient (Wildman–Crippen LogP) is 3.90. The number of hydrogen-bond donors (Lipinski definition) is 1. The van der Waals surface area contributed by atoms with E-state index in [-0.39, 0.29) is 17.5 Å². The van der Waals surface area contributed by atoms with E-state index in [9.17, 15) is 9.59 Å². The summed E-state index contributed by atoms with van der Waals surface area (Å²) in [6.07, 6.45) is 1.88. The van der Waals surface area contributed by atoms with Gasteiger partial charge in [0.05, 0.1) is 10.3 Å². The number of hydrogen-bond acceptors (Lipinski definition) is 5. The molecule has 3 heterocycles. The molecule has 3 aromatic rings. The van der Waals surface area contributed by atoms with Gasteiger partial charge in [-0.3, -0.25) is 14.2 Å². The van der Waals surface area contributed by atoms with Gasteiger partial charge in [0.2, 0.25) is 0 Å². The van der Waals surface area contributed by atoms with Crippen molar-refractivity contribution < 1.29 is 4.79 Å². The fraction of sp³-hybridized carbons (Fsp3) is 0.409. The molecule has 152 valence electrons. The van der Waals surface area contributed by atoms with Gasteiger partial charge in [-0.1, -0.05) is 18.2 Å². The lowest BCUT2D eigenvalue weighted by Gasteiger charge is -2.30. The molecule has 7 heteroatoms. The van der Waals surface area contributed by atoms with Crippen LogP contribution in [0.1, 0.15) is 45.5 Å². The maximum absolute atomic E-state index is 13.4. The summed E-state index contributed by atoms with van der Waals surface area (Å²) in [5, 5.41) is 3.55. The molecule has 0 atom stereocenters. The summed E-state index contributed by atoms with van der Waals surface area (Å²) in [4.78, 5) is 34.5. The predicted molar refractivity (Wildman–Crippen MR) is 118 cm³/mol. The number of fused-ring (bicyclic) bond motifs is 1. The molecule has 0 bridgehead atoms. The van der Waals surface area contributed by atoms with Crippen LogP contribution >= 0.6 is 11.3 Å². The number of rotatable bonds is 3. The lowest BCUT2D eigenvalue weighted by molar-refractivity contribution is 0.103. The molecule has 1 aliphatic rings. The minimum atomic E-state index is -0.192. The Hall–Kier alpha value is -2.51. The number of para-hydroxylation sites is 1. The number of anilines is 1. The summed E-state index contributed by atoms with van der Waals surface area (Å²) < 4.78 is 1.85. The Labute approximate surface area is 174 Å². The largest absolute Gasteiger partial charge is 0.321 e. The average molecular weight is 411 g/mol. The third kappa shape index (κ3) is 3.60. The molecule has 1 fully saturated rings. The number of nitrogens with zero attached hydrogens (tertiary/aromatic N) is 3. The van der Waals surface area contributed by atoms with Crippen molar-refractivity contribution in [2.24, 2.45) is 0 Å². The Morgan fingerprint density at radius 2 is 1.86 bits per heavy atom. The number of nitrogens with one attached hydrogen (secondary N) is 1. The third-order valence-corrected chi connectivity index (χ3v) is 7.01. The number of thiophene rings is 1. The molecule has 1 aliphatic heterocycles. The Balaban J connectivity index is 1.74. The summed E-state index contributed by atoms with van der Waals surface area (Å²) in [6, 6.07) is 7.84. The quantitative estimate of drug-likeness (QED) is 0.711. The van der Waals surface area contributed by atoms with Crippen molar-refractivity contribution in [1.29, 1.82) is 0 Å². The van der Waals surface area contributed by atoms with Gasteiger partial charge in [-0.25, -0.2) is 4.98 Å². The Kier molecular flexibility index (Phi) is 5.27. The zero-order chi connectivity index (χ0) is 20.7. The second-order valence-electron chi connectivity index (χ2n) is 7.87. The zero-order valence-corrected chi connectivity index (χ0v) is 18.1. The summed E-state index contributed by atoms with van der Waals surface area (Å²) in [6.45, 7) is 7.64. The summed E-state index contributed by atoms with van der Waals surface area (Å²) in [5.41, 5.74) is 2.47. The zero-order valence-electron chi connectivity index (χ0n) is 17.3. The van der Waals surface area contributed by atoms with Gasteiger partial charge in [0.15, 0.2) is 0 Å². The van der Waals surface area contributed by atoms with Crippen molar-refractivity contribution in [2.75, 3.05) is 25.5 Å². The topological polar surface area (TPSA) is 67.2 Å². The van der Waals surface area contributed by atoms with Gasteiger partial charge >= 0.3 is 0 Å². The van der Waals surface area contributed by atoms with Gasteiger partial charge in [-0.15, -0.1) is 11.3 Å². The van der Waals surface area contributed by atoms with Gasteiger partial charge in [0.1, 0.15) is 10.7 Å². The number of amides is 1. The molecule has 6 nitrogen and oxygen atoms in total. The van der Waals surface area contributed by atoms with Crippen molar-refractivity contribution in [3.8, 4) is 0 Å². The molecule has 1 N–H and O–H groups in total. The SMILES string of the molecule is Cc1ccccc1NC(=O)c1sc2nc(C)n(C3CCN(C)CC3)c(=O)c2c1C. The van der Waals surface area contributed by atoms with E-state index in [1.54, 1.807) is 0 Å². The number of benzene rings is 1. The smallest absolute Gasteiger partial charge is 0.266 e. The van der Waals surface area contributed by atoms with E-state index in [0.717, 1.165) is 48.6 Å². The van der Waals surface area contributed by atoms with E-state index in [2.05, 4.69) is 17.3 Å². The van der Waals surface area contributed by atoms with Crippen LogP contribution in [-0.4, -0.2) is 40.5 Å². The molecule has 2 aromatic heterocycles. The van der Waals surface area contributed by atoms with Crippen LogP contribution < -0.4 is 10.9 Å². The Morgan fingerprint density at radius 1 is 1.17 bits per heavy atom. The number of aryl methyl sites for hydroxylation is 3. The van der Waals surface area contributed by atoms with Crippen LogP contribution in [-0.2, 0) is 0 Å². The van der Waals surface area contributed by atoms with E-state index in [1.165, 1.54) is 11.3 Å². The van der Waals surface area contributed by atoms with Crippen molar-refractivity contribution in [1.82, 2.24) is 14.5 Å². The number of likely N-dealkylation sites (tertiary alicyclic amines) is 1. The van der Waals surface area contributed by atoms with Crippen molar-refractivity contribution in [2.45, 2.75) is 39.7 Å². The van der Waals surface area contributed by atoms with Crippen molar-refractivity contribution in [3.63, 3.8) is 0 Å². The summed E-state index contributed by atoms with van der Waals surface area (Å²) >= 11 is 1.30. The molecule has 4 rings (SSSR count). The molecule has 0 radical (unpaired) electrons. The molecular weight excluding hydrogens is 384 g/mol. The van der Waals surface area contributed by atoms with Crippen LogP contribution in [0.4, 0.5) is 5.69 Å². The Bertz CT molecular complexity index is 1140. The van der Waals surface area contributed by atoms with E-state index in [0.29, 0.717) is 15.1 Å². The van der Waals surface area contributed by atoms with Gasteiger partial charge in [-0.2, -0.15) is 0 Å². The fourth-order valence-electron chi connectivity index (χ4n) is 4.09. The van der Waals surface area contributed by atoms with E-state index in [4.69, 9.17) is 4.98 Å². The minimum Gasteiger partial charge on any atom is -0.321 e. The van der Waals surface area contributed by atoms with E-state index >= 15 is 0 Å². The first-order valence-corrected chi connectivity index (χ1v) is 10.8. The minimum absolute atomic E-state index is 0.0225.